The topological polar surface area (TPSA) is 80.1 Å². The van der Waals surface area contributed by atoms with E-state index in [4.69, 9.17) is 4.52 Å². The summed E-state index contributed by atoms with van der Waals surface area (Å²) in [4.78, 5) is 16.5. The number of hydrogen-bond acceptors (Lipinski definition) is 5. The third-order valence-corrected chi connectivity index (χ3v) is 5.10. The fraction of sp³-hybridized carbons (Fsp3) is 0.471. The van der Waals surface area contributed by atoms with Crippen LogP contribution in [0.15, 0.2) is 34.9 Å². The Morgan fingerprint density at radius 2 is 2.26 bits per heavy atom. The third-order valence-electron chi connectivity index (χ3n) is 5.10. The summed E-state index contributed by atoms with van der Waals surface area (Å²) in [6, 6.07) is 9.83. The highest BCUT2D eigenvalue weighted by Gasteiger charge is 2.54. The molecule has 1 aliphatic carbocycles. The van der Waals surface area contributed by atoms with E-state index in [9.17, 15) is 4.79 Å². The molecule has 4 rings (SSSR count). The van der Waals surface area contributed by atoms with E-state index in [1.165, 1.54) is 6.42 Å². The Bertz CT molecular complexity index is 700. The van der Waals surface area contributed by atoms with E-state index in [-0.39, 0.29) is 17.7 Å². The molecule has 2 atom stereocenters. The Morgan fingerprint density at radius 3 is 3.00 bits per heavy atom. The number of hydrogen-bond donors (Lipinski definition) is 2. The van der Waals surface area contributed by atoms with E-state index < -0.39 is 0 Å². The number of carbonyl (C=O) groups excluding carboxylic acids is 1. The Kier molecular flexibility index (Phi) is 3.61. The van der Waals surface area contributed by atoms with Gasteiger partial charge in [0.1, 0.15) is 0 Å². The largest absolute Gasteiger partial charge is 0.352 e. The number of amides is 1. The Labute approximate surface area is 134 Å². The molecule has 1 amide bonds. The van der Waals surface area contributed by atoms with E-state index in [1.54, 1.807) is 0 Å². The van der Waals surface area contributed by atoms with Crippen LogP contribution in [0.3, 0.4) is 0 Å². The summed E-state index contributed by atoms with van der Waals surface area (Å²) >= 11 is 0. The molecule has 1 aliphatic heterocycles. The molecule has 1 aromatic carbocycles. The summed E-state index contributed by atoms with van der Waals surface area (Å²) in [5, 5.41) is 10.3. The van der Waals surface area contributed by atoms with Crippen LogP contribution in [0.5, 0.6) is 0 Å². The van der Waals surface area contributed by atoms with Crippen LogP contribution in [0.2, 0.25) is 0 Å². The molecular formula is C17H20N4O2. The van der Waals surface area contributed by atoms with Crippen LogP contribution < -0.4 is 10.6 Å². The summed E-state index contributed by atoms with van der Waals surface area (Å²) in [5.74, 6) is 1.68. The van der Waals surface area contributed by atoms with Crippen LogP contribution in [-0.4, -0.2) is 29.1 Å². The number of benzene rings is 1. The predicted molar refractivity (Wildman–Crippen MR) is 83.6 cm³/mol. The molecule has 2 fully saturated rings. The number of carbonyl (C=O) groups is 1. The van der Waals surface area contributed by atoms with Crippen LogP contribution in [0.1, 0.15) is 30.1 Å². The van der Waals surface area contributed by atoms with Gasteiger partial charge in [0.25, 0.3) is 0 Å². The van der Waals surface area contributed by atoms with Gasteiger partial charge in [-0.3, -0.25) is 4.79 Å². The van der Waals surface area contributed by atoms with Crippen LogP contribution >= 0.6 is 0 Å². The molecule has 6 heteroatoms. The molecule has 1 aromatic heterocycles. The molecule has 6 nitrogen and oxygen atoms in total. The number of rotatable bonds is 5. The highest BCUT2D eigenvalue weighted by Crippen LogP contribution is 2.50. The van der Waals surface area contributed by atoms with Crippen LogP contribution in [0.25, 0.3) is 0 Å². The molecular weight excluding hydrogens is 292 g/mol. The molecule has 2 N–H and O–H groups in total. The Balaban J connectivity index is 1.35. The van der Waals surface area contributed by atoms with Gasteiger partial charge in [0.15, 0.2) is 5.82 Å². The number of nitrogens with zero attached hydrogens (tertiary/aromatic N) is 2. The second-order valence-corrected chi connectivity index (χ2v) is 6.48. The van der Waals surface area contributed by atoms with E-state index in [0.717, 1.165) is 25.1 Å². The van der Waals surface area contributed by atoms with Gasteiger partial charge < -0.3 is 15.2 Å². The van der Waals surface area contributed by atoms with Crippen molar-refractivity contribution < 1.29 is 9.32 Å². The highest BCUT2D eigenvalue weighted by molar-refractivity contribution is 5.77. The third kappa shape index (κ3) is 2.63. The van der Waals surface area contributed by atoms with Gasteiger partial charge in [-0.1, -0.05) is 35.5 Å². The average Bonchev–Trinajstić information content (AvgIpc) is 3.12. The van der Waals surface area contributed by atoms with Crippen molar-refractivity contribution in [3.63, 3.8) is 0 Å². The zero-order chi connectivity index (χ0) is 15.7. The van der Waals surface area contributed by atoms with Crippen molar-refractivity contribution in [1.29, 1.82) is 0 Å². The Morgan fingerprint density at radius 1 is 1.39 bits per heavy atom. The molecule has 2 heterocycles. The Hall–Kier alpha value is -2.21. The second-order valence-electron chi connectivity index (χ2n) is 6.48. The molecule has 0 unspecified atom stereocenters. The first-order chi connectivity index (χ1) is 11.3. The average molecular weight is 312 g/mol. The van der Waals surface area contributed by atoms with Gasteiger partial charge >= 0.3 is 0 Å². The SMILES string of the molecule is O=C(Cc1noc([C@]23CC[C@H]2CNC3)n1)NCc1ccccc1. The van der Waals surface area contributed by atoms with Crippen molar-refractivity contribution in [1.82, 2.24) is 20.8 Å². The van der Waals surface area contributed by atoms with E-state index in [0.29, 0.717) is 24.2 Å². The minimum atomic E-state index is -0.0894. The summed E-state index contributed by atoms with van der Waals surface area (Å²) in [5.41, 5.74) is 1.09. The number of fused-ring (bicyclic) bond motifs is 1. The first kappa shape index (κ1) is 14.4. The van der Waals surface area contributed by atoms with Crippen molar-refractivity contribution in [3.8, 4) is 0 Å². The zero-order valence-corrected chi connectivity index (χ0v) is 12.9. The molecule has 2 aliphatic rings. The van der Waals surface area contributed by atoms with E-state index in [2.05, 4.69) is 20.8 Å². The molecule has 0 radical (unpaired) electrons. The summed E-state index contributed by atoms with van der Waals surface area (Å²) < 4.78 is 5.46. The van der Waals surface area contributed by atoms with Crippen molar-refractivity contribution in [2.45, 2.75) is 31.2 Å². The van der Waals surface area contributed by atoms with Crippen molar-refractivity contribution in [3.05, 3.63) is 47.6 Å². The van der Waals surface area contributed by atoms with Crippen molar-refractivity contribution >= 4 is 5.91 Å². The normalized spacial score (nSPS) is 25.7. The van der Waals surface area contributed by atoms with Crippen molar-refractivity contribution in [2.24, 2.45) is 5.92 Å². The maximum Gasteiger partial charge on any atom is 0.234 e. The van der Waals surface area contributed by atoms with E-state index >= 15 is 0 Å². The zero-order valence-electron chi connectivity index (χ0n) is 12.9. The van der Waals surface area contributed by atoms with Crippen LogP contribution in [0, 0.1) is 5.92 Å². The van der Waals surface area contributed by atoms with Gasteiger partial charge in [0.2, 0.25) is 11.8 Å². The van der Waals surface area contributed by atoms with Gasteiger partial charge in [-0.15, -0.1) is 0 Å². The summed E-state index contributed by atoms with van der Waals surface area (Å²) in [6.45, 7) is 2.44. The lowest BCUT2D eigenvalue weighted by Crippen LogP contribution is -2.44. The highest BCUT2D eigenvalue weighted by atomic mass is 16.5. The lowest BCUT2D eigenvalue weighted by Gasteiger charge is -2.40. The minimum Gasteiger partial charge on any atom is -0.352 e. The smallest absolute Gasteiger partial charge is 0.234 e. The summed E-state index contributed by atoms with van der Waals surface area (Å²) in [7, 11) is 0. The molecule has 1 saturated heterocycles. The van der Waals surface area contributed by atoms with Gasteiger partial charge in [0, 0.05) is 13.1 Å². The van der Waals surface area contributed by atoms with Crippen LogP contribution in [-0.2, 0) is 23.2 Å². The number of aromatic nitrogens is 2. The minimum absolute atomic E-state index is 0.0196. The maximum atomic E-state index is 12.0. The van der Waals surface area contributed by atoms with Gasteiger partial charge in [0.05, 0.1) is 11.8 Å². The molecule has 0 bridgehead atoms. The first-order valence-electron chi connectivity index (χ1n) is 8.11. The molecule has 0 spiro atoms. The summed E-state index contributed by atoms with van der Waals surface area (Å²) in [6.07, 6.45) is 2.46. The van der Waals surface area contributed by atoms with Crippen molar-refractivity contribution in [2.75, 3.05) is 13.1 Å². The second kappa shape index (κ2) is 5.77. The standard InChI is InChI=1S/C17H20N4O2/c22-15(19-9-12-4-2-1-3-5-12)8-14-20-16(23-21-14)17-7-6-13(17)10-18-11-17/h1-5,13,18H,6-11H2,(H,19,22)/t13-,17-/m0/s1. The quantitative estimate of drug-likeness (QED) is 0.866. The molecule has 2 aromatic rings. The fourth-order valence-corrected chi connectivity index (χ4v) is 3.58. The van der Waals surface area contributed by atoms with Gasteiger partial charge in [-0.25, -0.2) is 0 Å². The first-order valence-corrected chi connectivity index (χ1v) is 8.11. The lowest BCUT2D eigenvalue weighted by molar-refractivity contribution is -0.120. The number of nitrogens with one attached hydrogen (secondary N) is 2. The lowest BCUT2D eigenvalue weighted by atomic mass is 9.62. The van der Waals surface area contributed by atoms with Crippen LogP contribution in [0.4, 0.5) is 0 Å². The molecule has 1 saturated carbocycles. The molecule has 120 valence electrons. The van der Waals surface area contributed by atoms with Gasteiger partial charge in [-0.2, -0.15) is 4.98 Å². The monoisotopic (exact) mass is 312 g/mol. The fourth-order valence-electron chi connectivity index (χ4n) is 3.58. The molecule has 23 heavy (non-hydrogen) atoms. The van der Waals surface area contributed by atoms with Gasteiger partial charge in [-0.05, 0) is 30.9 Å². The maximum absolute atomic E-state index is 12.0. The predicted octanol–water partition coefficient (Wildman–Crippen LogP) is 1.18. The van der Waals surface area contributed by atoms with E-state index in [1.807, 2.05) is 30.3 Å².